The van der Waals surface area contributed by atoms with Gasteiger partial charge in [-0.15, -0.1) is 0 Å². The minimum atomic E-state index is -1.16. The van der Waals surface area contributed by atoms with Gasteiger partial charge in [0.25, 0.3) is 0 Å². The third-order valence-electron chi connectivity index (χ3n) is 6.53. The lowest BCUT2D eigenvalue weighted by Gasteiger charge is -2.18. The fraction of sp³-hybridized carbons (Fsp3) is 0.286. The molecule has 9 nitrogen and oxygen atoms in total. The number of rotatable bonds is 8. The molecule has 4 rings (SSSR count). The van der Waals surface area contributed by atoms with Crippen molar-refractivity contribution in [2.75, 3.05) is 6.54 Å². The fourth-order valence-electron chi connectivity index (χ4n) is 4.39. The van der Waals surface area contributed by atoms with Crippen LogP contribution in [0.2, 0.25) is 5.02 Å². The van der Waals surface area contributed by atoms with Crippen molar-refractivity contribution in [3.8, 4) is 11.1 Å². The van der Waals surface area contributed by atoms with Crippen molar-refractivity contribution in [1.29, 1.82) is 0 Å². The van der Waals surface area contributed by atoms with Gasteiger partial charge in [-0.25, -0.2) is 9.59 Å². The Labute approximate surface area is 222 Å². The second kappa shape index (κ2) is 10.7. The summed E-state index contributed by atoms with van der Waals surface area (Å²) in [5.41, 5.74) is 3.44. The predicted octanol–water partition coefficient (Wildman–Crippen LogP) is 4.36. The number of hydrogen-bond acceptors (Lipinski definition) is 6. The molecule has 0 saturated carbocycles. The summed E-state index contributed by atoms with van der Waals surface area (Å²) in [6, 6.07) is 8.14. The lowest BCUT2D eigenvalue weighted by molar-refractivity contribution is -0.143. The molecule has 0 radical (unpaired) electrons. The monoisotopic (exact) mass is 538 g/mol. The molecular weight excluding hydrogens is 512 g/mol. The molecule has 3 N–H and O–H groups in total. The van der Waals surface area contributed by atoms with Crippen molar-refractivity contribution in [2.24, 2.45) is 5.92 Å². The van der Waals surface area contributed by atoms with Crippen LogP contribution in [-0.4, -0.2) is 35.5 Å². The van der Waals surface area contributed by atoms with Crippen LogP contribution in [0.25, 0.3) is 33.1 Å². The molecule has 1 atom stereocenters. The number of carbonyl (C=O) groups is 3. The summed E-state index contributed by atoms with van der Waals surface area (Å²) in [5.74, 6) is -2.71. The summed E-state index contributed by atoms with van der Waals surface area (Å²) >= 11 is 6.03. The number of amides is 2. The Bertz CT molecular complexity index is 1620. The number of benzene rings is 2. The van der Waals surface area contributed by atoms with Gasteiger partial charge in [-0.1, -0.05) is 37.6 Å². The maximum Gasteiger partial charge on any atom is 0.340 e. The van der Waals surface area contributed by atoms with Crippen molar-refractivity contribution in [3.05, 3.63) is 68.7 Å². The quantitative estimate of drug-likeness (QED) is 0.283. The standard InChI is InChI=1S/C28H27ClN2O7/c1-13(2)24(27(34)35)31-23(33)11-30-22(32)10-19-14(3)18-9-20-21(16-5-7-17(29)8-6-16)12-37-25(20)15(4)26(18)38-28(19)36/h5-9,12-13,24H,10-11H2,1-4H3,(H,30,32)(H,31,33)(H,34,35). The SMILES string of the molecule is Cc1c(CC(=O)NCC(=O)NC(C(=O)O)C(C)C)c(=O)oc2c(C)c3occ(-c4ccc(Cl)cc4)c3cc12. The van der Waals surface area contributed by atoms with Crippen LogP contribution in [0.3, 0.4) is 0 Å². The molecule has 0 spiro atoms. The van der Waals surface area contributed by atoms with Gasteiger partial charge in [-0.05, 0) is 49.1 Å². The molecule has 2 aromatic carbocycles. The average Bonchev–Trinajstić information content (AvgIpc) is 3.29. The summed E-state index contributed by atoms with van der Waals surface area (Å²) in [7, 11) is 0. The normalized spacial score (nSPS) is 12.2. The van der Waals surface area contributed by atoms with Crippen molar-refractivity contribution >= 4 is 51.3 Å². The molecule has 2 heterocycles. The van der Waals surface area contributed by atoms with E-state index in [1.54, 1.807) is 46.1 Å². The van der Waals surface area contributed by atoms with E-state index in [0.717, 1.165) is 16.5 Å². The Hall–Kier alpha value is -4.11. The minimum Gasteiger partial charge on any atom is -0.480 e. The first-order valence-corrected chi connectivity index (χ1v) is 12.4. The number of aryl methyl sites for hydroxylation is 2. The molecule has 0 fully saturated rings. The summed E-state index contributed by atoms with van der Waals surface area (Å²) in [4.78, 5) is 48.9. The van der Waals surface area contributed by atoms with Gasteiger partial charge >= 0.3 is 11.6 Å². The fourth-order valence-corrected chi connectivity index (χ4v) is 4.52. The lowest BCUT2D eigenvalue weighted by Crippen LogP contribution is -2.48. The highest BCUT2D eigenvalue weighted by molar-refractivity contribution is 6.30. The van der Waals surface area contributed by atoms with E-state index in [1.165, 1.54) is 0 Å². The number of aliphatic carboxylic acids is 1. The molecular formula is C28H27ClN2O7. The highest BCUT2D eigenvalue weighted by Gasteiger charge is 2.24. The molecule has 38 heavy (non-hydrogen) atoms. The summed E-state index contributed by atoms with van der Waals surface area (Å²) < 4.78 is 11.4. The van der Waals surface area contributed by atoms with Gasteiger partial charge in [0, 0.05) is 26.9 Å². The number of hydrogen-bond donors (Lipinski definition) is 3. The van der Waals surface area contributed by atoms with E-state index in [1.807, 2.05) is 18.2 Å². The van der Waals surface area contributed by atoms with Crippen LogP contribution >= 0.6 is 11.6 Å². The minimum absolute atomic E-state index is 0.163. The van der Waals surface area contributed by atoms with Crippen LogP contribution in [0.1, 0.15) is 30.5 Å². The van der Waals surface area contributed by atoms with E-state index in [2.05, 4.69) is 10.6 Å². The number of carboxylic acid groups (broad SMARTS) is 1. The van der Waals surface area contributed by atoms with E-state index in [9.17, 15) is 24.3 Å². The summed E-state index contributed by atoms with van der Waals surface area (Å²) in [6.45, 7) is 6.44. The van der Waals surface area contributed by atoms with Crippen molar-refractivity contribution < 1.29 is 28.3 Å². The molecule has 0 aliphatic rings. The van der Waals surface area contributed by atoms with E-state index in [4.69, 9.17) is 20.4 Å². The van der Waals surface area contributed by atoms with Gasteiger partial charge in [-0.3, -0.25) is 9.59 Å². The molecule has 4 aromatic rings. The molecule has 0 saturated heterocycles. The van der Waals surface area contributed by atoms with Gasteiger partial charge in [-0.2, -0.15) is 0 Å². The van der Waals surface area contributed by atoms with Crippen molar-refractivity contribution in [2.45, 2.75) is 40.2 Å². The second-order valence-corrected chi connectivity index (χ2v) is 9.92. The average molecular weight is 539 g/mol. The van der Waals surface area contributed by atoms with Crippen LogP contribution in [0.15, 0.2) is 50.2 Å². The zero-order valence-corrected chi connectivity index (χ0v) is 22.1. The Kier molecular flexibility index (Phi) is 7.59. The zero-order valence-electron chi connectivity index (χ0n) is 21.3. The van der Waals surface area contributed by atoms with Crippen LogP contribution in [0.4, 0.5) is 0 Å². The maximum atomic E-state index is 12.8. The summed E-state index contributed by atoms with van der Waals surface area (Å²) in [6.07, 6.45) is 1.33. The predicted molar refractivity (Wildman–Crippen MR) is 143 cm³/mol. The highest BCUT2D eigenvalue weighted by Crippen LogP contribution is 2.37. The smallest absolute Gasteiger partial charge is 0.340 e. The number of fused-ring (bicyclic) bond motifs is 2. The molecule has 198 valence electrons. The molecule has 0 aliphatic heterocycles. The first-order valence-electron chi connectivity index (χ1n) is 12.0. The first kappa shape index (κ1) is 26.9. The third-order valence-corrected chi connectivity index (χ3v) is 6.78. The molecule has 2 aromatic heterocycles. The Morgan fingerprint density at radius 2 is 1.68 bits per heavy atom. The number of carboxylic acids is 1. The Morgan fingerprint density at radius 3 is 2.32 bits per heavy atom. The summed E-state index contributed by atoms with van der Waals surface area (Å²) in [5, 5.41) is 16.1. The lowest BCUT2D eigenvalue weighted by atomic mass is 9.97. The number of nitrogens with one attached hydrogen (secondary N) is 2. The Morgan fingerprint density at radius 1 is 1.00 bits per heavy atom. The third kappa shape index (κ3) is 5.28. The number of carbonyl (C=O) groups excluding carboxylic acids is 2. The second-order valence-electron chi connectivity index (χ2n) is 9.49. The van der Waals surface area contributed by atoms with Gasteiger partial charge in [0.05, 0.1) is 24.8 Å². The highest BCUT2D eigenvalue weighted by atomic mass is 35.5. The van der Waals surface area contributed by atoms with E-state index in [0.29, 0.717) is 32.7 Å². The molecule has 1 unspecified atom stereocenters. The van der Waals surface area contributed by atoms with Crippen LogP contribution in [0.5, 0.6) is 0 Å². The maximum absolute atomic E-state index is 12.8. The van der Waals surface area contributed by atoms with Crippen molar-refractivity contribution in [1.82, 2.24) is 10.6 Å². The van der Waals surface area contributed by atoms with Crippen LogP contribution < -0.4 is 16.3 Å². The molecule has 2 amide bonds. The van der Waals surface area contributed by atoms with Gasteiger partial charge in [0.2, 0.25) is 11.8 Å². The number of halogens is 1. The zero-order chi connectivity index (χ0) is 27.7. The van der Waals surface area contributed by atoms with E-state index < -0.39 is 36.0 Å². The molecule has 10 heteroatoms. The van der Waals surface area contributed by atoms with Crippen LogP contribution in [0, 0.1) is 19.8 Å². The topological polar surface area (TPSA) is 139 Å². The van der Waals surface area contributed by atoms with Crippen molar-refractivity contribution in [3.63, 3.8) is 0 Å². The molecule has 0 bridgehead atoms. The van der Waals surface area contributed by atoms with Crippen LogP contribution in [-0.2, 0) is 20.8 Å². The van der Waals surface area contributed by atoms with Gasteiger partial charge < -0.3 is 24.6 Å². The molecule has 0 aliphatic carbocycles. The van der Waals surface area contributed by atoms with Gasteiger partial charge in [0.15, 0.2) is 0 Å². The first-order chi connectivity index (χ1) is 18.0. The Balaban J connectivity index is 1.61. The van der Waals surface area contributed by atoms with Gasteiger partial charge in [0.1, 0.15) is 17.2 Å². The number of furan rings is 1. The van der Waals surface area contributed by atoms with E-state index in [-0.39, 0.29) is 17.9 Å². The van der Waals surface area contributed by atoms with E-state index >= 15 is 0 Å². The largest absolute Gasteiger partial charge is 0.480 e.